The largest absolute Gasteiger partial charge is 0.486 e. The number of hydrogen-bond donors (Lipinski definition) is 0. The Morgan fingerprint density at radius 1 is 1.03 bits per heavy atom. The molecule has 1 aromatic heterocycles. The first-order chi connectivity index (χ1) is 14.5. The summed E-state index contributed by atoms with van der Waals surface area (Å²) in [5.74, 6) is 0.669. The summed E-state index contributed by atoms with van der Waals surface area (Å²) in [4.78, 5) is 2.61. The molecular weight excluding hydrogens is 415 g/mol. The molecule has 1 saturated heterocycles. The molecular formula is C25H30Cl2N2O. The van der Waals surface area contributed by atoms with Crippen LogP contribution in [0.15, 0.2) is 36.4 Å². The third-order valence-electron chi connectivity index (χ3n) is 6.26. The van der Waals surface area contributed by atoms with E-state index in [0.29, 0.717) is 22.4 Å². The summed E-state index contributed by atoms with van der Waals surface area (Å²) in [6.45, 7) is 6.34. The molecule has 2 aromatic carbocycles. The van der Waals surface area contributed by atoms with Crippen LogP contribution < -0.4 is 4.74 Å². The molecule has 1 aliphatic heterocycles. The fourth-order valence-electron chi connectivity index (χ4n) is 4.70. The molecule has 0 aliphatic carbocycles. The van der Waals surface area contributed by atoms with Gasteiger partial charge in [-0.05, 0) is 81.6 Å². The van der Waals surface area contributed by atoms with Crippen LogP contribution in [0.2, 0.25) is 10.0 Å². The molecule has 1 fully saturated rings. The van der Waals surface area contributed by atoms with Crippen molar-refractivity contribution in [3.05, 3.63) is 63.3 Å². The summed E-state index contributed by atoms with van der Waals surface area (Å²) in [5.41, 5.74) is 5.22. The fourth-order valence-corrected chi connectivity index (χ4v) is 5.17. The van der Waals surface area contributed by atoms with Gasteiger partial charge in [0.25, 0.3) is 0 Å². The number of nitrogens with zero attached hydrogens (tertiary/aromatic N) is 2. The van der Waals surface area contributed by atoms with Crippen LogP contribution in [0, 0.1) is 6.92 Å². The molecule has 3 aromatic rings. The number of para-hydroxylation sites is 1. The van der Waals surface area contributed by atoms with Crippen molar-refractivity contribution in [2.45, 2.75) is 45.6 Å². The van der Waals surface area contributed by atoms with E-state index < -0.39 is 0 Å². The van der Waals surface area contributed by atoms with Crippen molar-refractivity contribution in [3.63, 3.8) is 0 Å². The Balaban J connectivity index is 1.57. The zero-order valence-electron chi connectivity index (χ0n) is 17.9. The molecule has 4 rings (SSSR count). The lowest BCUT2D eigenvalue weighted by atomic mass is 10.0. The minimum atomic E-state index is 0.491. The van der Waals surface area contributed by atoms with Crippen molar-refractivity contribution in [2.24, 2.45) is 7.05 Å². The standard InChI is InChI=1S/C25H30Cl2N2O/c1-18-8-6-9-21-20(10-7-15-29-13-4-3-5-14-29)23(28(2)25(18)21)17-30-24-12-11-19(26)16-22(24)27/h6,8-9,11-12,16H,3-5,7,10,13-15,17H2,1-2H3. The van der Waals surface area contributed by atoms with Gasteiger partial charge in [-0.3, -0.25) is 0 Å². The Bertz CT molecular complexity index is 1020. The Hall–Kier alpha value is -1.68. The van der Waals surface area contributed by atoms with Crippen LogP contribution in [0.4, 0.5) is 0 Å². The molecule has 30 heavy (non-hydrogen) atoms. The van der Waals surface area contributed by atoms with E-state index in [1.165, 1.54) is 73.0 Å². The number of benzene rings is 2. The quantitative estimate of drug-likeness (QED) is 0.398. The van der Waals surface area contributed by atoms with E-state index in [1.54, 1.807) is 6.07 Å². The van der Waals surface area contributed by atoms with Crippen LogP contribution >= 0.6 is 23.2 Å². The summed E-state index contributed by atoms with van der Waals surface area (Å²) in [6.07, 6.45) is 6.29. The molecule has 0 amide bonds. The summed E-state index contributed by atoms with van der Waals surface area (Å²) in [6, 6.07) is 12.0. The first kappa shape index (κ1) is 21.5. The second-order valence-corrected chi connectivity index (χ2v) is 9.17. The molecule has 0 saturated carbocycles. The summed E-state index contributed by atoms with van der Waals surface area (Å²) >= 11 is 12.4. The highest BCUT2D eigenvalue weighted by Crippen LogP contribution is 2.32. The number of ether oxygens (including phenoxy) is 1. The van der Waals surface area contributed by atoms with E-state index >= 15 is 0 Å². The van der Waals surface area contributed by atoms with Gasteiger partial charge in [-0.15, -0.1) is 0 Å². The average Bonchev–Trinajstić information content (AvgIpc) is 3.01. The molecule has 0 bridgehead atoms. The van der Waals surface area contributed by atoms with Gasteiger partial charge in [-0.25, -0.2) is 0 Å². The summed E-state index contributed by atoms with van der Waals surface area (Å²) in [7, 11) is 2.14. The Kier molecular flexibility index (Phi) is 6.92. The third kappa shape index (κ3) is 4.64. The van der Waals surface area contributed by atoms with Gasteiger partial charge < -0.3 is 14.2 Å². The Morgan fingerprint density at radius 3 is 2.60 bits per heavy atom. The number of rotatable bonds is 7. The number of piperidine rings is 1. The van der Waals surface area contributed by atoms with E-state index in [2.05, 4.69) is 41.6 Å². The SMILES string of the molecule is Cc1cccc2c(CCCN3CCCCC3)c(COc3ccc(Cl)cc3Cl)n(C)c12. The smallest absolute Gasteiger partial charge is 0.138 e. The molecule has 1 aliphatic rings. The number of likely N-dealkylation sites (tertiary alicyclic amines) is 1. The molecule has 0 atom stereocenters. The van der Waals surface area contributed by atoms with Crippen molar-refractivity contribution in [1.29, 1.82) is 0 Å². The Morgan fingerprint density at radius 2 is 1.83 bits per heavy atom. The van der Waals surface area contributed by atoms with Gasteiger partial charge in [0.2, 0.25) is 0 Å². The normalized spacial score (nSPS) is 15.1. The first-order valence-electron chi connectivity index (χ1n) is 10.9. The van der Waals surface area contributed by atoms with Crippen LogP contribution in [-0.4, -0.2) is 29.1 Å². The summed E-state index contributed by atoms with van der Waals surface area (Å²) < 4.78 is 8.44. The van der Waals surface area contributed by atoms with E-state index in [1.807, 2.05) is 12.1 Å². The van der Waals surface area contributed by atoms with Crippen LogP contribution in [-0.2, 0) is 20.1 Å². The zero-order valence-corrected chi connectivity index (χ0v) is 19.4. The molecule has 5 heteroatoms. The van der Waals surface area contributed by atoms with Crippen LogP contribution in [0.5, 0.6) is 5.75 Å². The van der Waals surface area contributed by atoms with Gasteiger partial charge in [0, 0.05) is 17.5 Å². The zero-order chi connectivity index (χ0) is 21.1. The fraction of sp³-hybridized carbons (Fsp3) is 0.440. The first-order valence-corrected chi connectivity index (χ1v) is 11.7. The molecule has 0 spiro atoms. The second kappa shape index (κ2) is 9.64. The molecule has 160 valence electrons. The summed E-state index contributed by atoms with van der Waals surface area (Å²) in [5, 5.41) is 2.51. The Labute approximate surface area is 189 Å². The van der Waals surface area contributed by atoms with Gasteiger partial charge in [0.1, 0.15) is 12.4 Å². The molecule has 2 heterocycles. The predicted octanol–water partition coefficient (Wildman–Crippen LogP) is 6.79. The lowest BCUT2D eigenvalue weighted by Crippen LogP contribution is -2.30. The van der Waals surface area contributed by atoms with E-state index in [0.717, 1.165) is 6.42 Å². The monoisotopic (exact) mass is 444 g/mol. The van der Waals surface area contributed by atoms with Crippen molar-refractivity contribution >= 4 is 34.1 Å². The predicted molar refractivity (Wildman–Crippen MR) is 127 cm³/mol. The van der Waals surface area contributed by atoms with Gasteiger partial charge in [0.15, 0.2) is 0 Å². The minimum Gasteiger partial charge on any atom is -0.486 e. The van der Waals surface area contributed by atoms with Crippen molar-refractivity contribution in [1.82, 2.24) is 9.47 Å². The molecule has 3 nitrogen and oxygen atoms in total. The van der Waals surface area contributed by atoms with Crippen molar-refractivity contribution in [2.75, 3.05) is 19.6 Å². The highest BCUT2D eigenvalue weighted by atomic mass is 35.5. The number of hydrogen-bond acceptors (Lipinski definition) is 2. The van der Waals surface area contributed by atoms with Gasteiger partial charge in [-0.2, -0.15) is 0 Å². The number of halogens is 2. The molecule has 0 N–H and O–H groups in total. The topological polar surface area (TPSA) is 17.4 Å². The minimum absolute atomic E-state index is 0.491. The van der Waals surface area contributed by atoms with E-state index in [9.17, 15) is 0 Å². The molecule has 0 radical (unpaired) electrons. The maximum absolute atomic E-state index is 6.33. The lowest BCUT2D eigenvalue weighted by Gasteiger charge is -2.26. The number of aromatic nitrogens is 1. The third-order valence-corrected chi connectivity index (χ3v) is 6.79. The lowest BCUT2D eigenvalue weighted by molar-refractivity contribution is 0.226. The number of fused-ring (bicyclic) bond motifs is 1. The van der Waals surface area contributed by atoms with Gasteiger partial charge >= 0.3 is 0 Å². The van der Waals surface area contributed by atoms with E-state index in [-0.39, 0.29) is 0 Å². The van der Waals surface area contributed by atoms with E-state index in [4.69, 9.17) is 27.9 Å². The van der Waals surface area contributed by atoms with Crippen LogP contribution in [0.25, 0.3) is 10.9 Å². The second-order valence-electron chi connectivity index (χ2n) is 8.32. The van der Waals surface area contributed by atoms with Crippen LogP contribution in [0.1, 0.15) is 42.5 Å². The maximum atomic E-state index is 6.33. The average molecular weight is 445 g/mol. The van der Waals surface area contributed by atoms with Crippen molar-refractivity contribution < 1.29 is 4.74 Å². The molecule has 0 unspecified atom stereocenters. The highest BCUT2D eigenvalue weighted by Gasteiger charge is 2.18. The van der Waals surface area contributed by atoms with Crippen LogP contribution in [0.3, 0.4) is 0 Å². The van der Waals surface area contributed by atoms with Crippen molar-refractivity contribution in [3.8, 4) is 5.75 Å². The number of aryl methyl sites for hydroxylation is 3. The highest BCUT2D eigenvalue weighted by molar-refractivity contribution is 6.35. The van der Waals surface area contributed by atoms with Gasteiger partial charge in [-0.1, -0.05) is 47.8 Å². The van der Waals surface area contributed by atoms with Gasteiger partial charge in [0.05, 0.1) is 16.2 Å². The maximum Gasteiger partial charge on any atom is 0.138 e.